The van der Waals surface area contributed by atoms with Gasteiger partial charge < -0.3 is 0 Å². The lowest BCUT2D eigenvalue weighted by atomic mass is 10.2. The Kier molecular flexibility index (Phi) is 13.9. The molecule has 0 spiro atoms. The van der Waals surface area contributed by atoms with Crippen LogP contribution in [0.3, 0.4) is 0 Å². The van der Waals surface area contributed by atoms with Gasteiger partial charge in [0.1, 0.15) is 0 Å². The van der Waals surface area contributed by atoms with Crippen molar-refractivity contribution in [3.8, 4) is 0 Å². The Morgan fingerprint density at radius 3 is 2.00 bits per heavy atom. The van der Waals surface area contributed by atoms with E-state index in [9.17, 15) is 0 Å². The van der Waals surface area contributed by atoms with Gasteiger partial charge in [-0.25, -0.2) is 4.36 Å². The molecule has 0 fully saturated rings. The summed E-state index contributed by atoms with van der Waals surface area (Å²) >= 11 is 9.71. The second-order valence-corrected chi connectivity index (χ2v) is 2.59. The summed E-state index contributed by atoms with van der Waals surface area (Å²) in [7, 11) is 0. The Bertz CT molecular complexity index is 204. The summed E-state index contributed by atoms with van der Waals surface area (Å²) in [5.41, 5.74) is 1.18. The number of hydrogen-bond acceptors (Lipinski definition) is 2. The summed E-state index contributed by atoms with van der Waals surface area (Å²) in [5.74, 6) is 0.612. The van der Waals surface area contributed by atoms with Crippen LogP contribution in [-0.4, -0.2) is 6.54 Å². The molecule has 74 valence electrons. The lowest BCUT2D eigenvalue weighted by Gasteiger charge is -1.88. The zero-order valence-corrected chi connectivity index (χ0v) is 9.83. The maximum atomic E-state index is 5.53. The van der Waals surface area contributed by atoms with Crippen LogP contribution in [0.4, 0.5) is 0 Å². The van der Waals surface area contributed by atoms with Gasteiger partial charge in [-0.15, -0.1) is 24.0 Å². The molecule has 4 heteroatoms. The fourth-order valence-electron chi connectivity index (χ4n) is 0.567. The van der Waals surface area contributed by atoms with Gasteiger partial charge in [0.2, 0.25) is 0 Å². The molecule has 1 rings (SSSR count). The van der Waals surface area contributed by atoms with E-state index in [1.807, 2.05) is 37.3 Å². The summed E-state index contributed by atoms with van der Waals surface area (Å²) in [4.78, 5) is 0. The van der Waals surface area contributed by atoms with Crippen molar-refractivity contribution in [1.29, 1.82) is 0 Å². The number of nitrogens with zero attached hydrogens (tertiary/aromatic N) is 1. The highest BCUT2D eigenvalue weighted by Gasteiger charge is 1.81. The van der Waals surface area contributed by atoms with Crippen LogP contribution in [0.15, 0.2) is 34.7 Å². The van der Waals surface area contributed by atoms with Crippen molar-refractivity contribution < 1.29 is 0 Å². The van der Waals surface area contributed by atoms with Crippen molar-refractivity contribution in [1.82, 2.24) is 0 Å². The Morgan fingerprint density at radius 2 is 1.77 bits per heavy atom. The molecule has 0 N–H and O–H groups in total. The second kappa shape index (κ2) is 11.8. The molecule has 0 heterocycles. The van der Waals surface area contributed by atoms with Gasteiger partial charge in [0.25, 0.3) is 0 Å². The second-order valence-electron chi connectivity index (χ2n) is 2.06. The molecule has 0 amide bonds. The van der Waals surface area contributed by atoms with E-state index >= 15 is 0 Å². The van der Waals surface area contributed by atoms with Crippen LogP contribution in [0.2, 0.25) is 0 Å². The molecule has 0 saturated heterocycles. The summed E-state index contributed by atoms with van der Waals surface area (Å²) in [6, 6.07) is 9.96. The first kappa shape index (κ1) is 15.3. The molecule has 1 aromatic rings. The van der Waals surface area contributed by atoms with Crippen LogP contribution < -0.4 is 0 Å². The van der Waals surface area contributed by atoms with Gasteiger partial charge in [0.05, 0.1) is 0 Å². The molecule has 0 aromatic heterocycles. The Hall–Kier alpha value is -0.180. The first-order valence-corrected chi connectivity index (χ1v) is 4.64. The smallest absolute Gasteiger partial charge is 0.0492 e. The van der Waals surface area contributed by atoms with Crippen molar-refractivity contribution >= 4 is 36.4 Å². The highest BCUT2D eigenvalue weighted by molar-refractivity contribution is 7.47. The Morgan fingerprint density at radius 1 is 1.31 bits per heavy atom. The summed E-state index contributed by atoms with van der Waals surface area (Å²) in [5, 5.41) is 0. The standard InChI is InChI=1S/C7H7Cl.C2H5NS.ClH/c8-6-7-4-2-1-3-5-7;1-2-3-4;/h1-5H,6H2;2H2,1H3;1H. The molecule has 1 aromatic carbocycles. The van der Waals surface area contributed by atoms with E-state index < -0.39 is 0 Å². The quantitative estimate of drug-likeness (QED) is 0.717. The van der Waals surface area contributed by atoms with E-state index in [0.29, 0.717) is 5.88 Å². The maximum absolute atomic E-state index is 5.53. The highest BCUT2D eigenvalue weighted by Crippen LogP contribution is 2.00. The monoisotopic (exact) mass is 237 g/mol. The molecule has 0 unspecified atom stereocenters. The third-order valence-corrected chi connectivity index (χ3v) is 1.69. The van der Waals surface area contributed by atoms with E-state index in [2.05, 4.69) is 16.8 Å². The van der Waals surface area contributed by atoms with E-state index in [0.717, 1.165) is 6.54 Å². The Labute approximate surface area is 96.1 Å². The molecule has 0 atom stereocenters. The van der Waals surface area contributed by atoms with Crippen LogP contribution in [-0.2, 0) is 18.3 Å². The van der Waals surface area contributed by atoms with Gasteiger partial charge in [-0.1, -0.05) is 30.3 Å². The van der Waals surface area contributed by atoms with Gasteiger partial charge in [0, 0.05) is 24.8 Å². The molecule has 0 aliphatic rings. The molecule has 0 saturated carbocycles. The van der Waals surface area contributed by atoms with Crippen LogP contribution >= 0.6 is 24.0 Å². The average Bonchev–Trinajstić information content (AvgIpc) is 2.19. The van der Waals surface area contributed by atoms with Gasteiger partial charge in [-0.05, 0) is 12.5 Å². The van der Waals surface area contributed by atoms with Crippen molar-refractivity contribution in [3.63, 3.8) is 0 Å². The van der Waals surface area contributed by atoms with E-state index in [4.69, 9.17) is 11.6 Å². The zero-order valence-electron chi connectivity index (χ0n) is 7.44. The molecule has 0 radical (unpaired) electrons. The lowest BCUT2D eigenvalue weighted by molar-refractivity contribution is 1.16. The molecule has 13 heavy (non-hydrogen) atoms. The number of halogens is 2. The van der Waals surface area contributed by atoms with Crippen LogP contribution in [0.5, 0.6) is 0 Å². The predicted molar refractivity (Wildman–Crippen MR) is 63.6 cm³/mol. The van der Waals surface area contributed by atoms with E-state index in [1.54, 1.807) is 0 Å². The van der Waals surface area contributed by atoms with Gasteiger partial charge in [0.15, 0.2) is 0 Å². The van der Waals surface area contributed by atoms with E-state index in [1.165, 1.54) is 5.56 Å². The molecular formula is C9H13Cl2NS. The average molecular weight is 238 g/mol. The van der Waals surface area contributed by atoms with E-state index in [-0.39, 0.29) is 12.4 Å². The topological polar surface area (TPSA) is 12.4 Å². The first-order chi connectivity index (χ1) is 5.85. The molecular weight excluding hydrogens is 225 g/mol. The Balaban J connectivity index is 0. The fraction of sp³-hybridized carbons (Fsp3) is 0.333. The molecule has 1 nitrogen and oxygen atoms in total. The summed E-state index contributed by atoms with van der Waals surface area (Å²) in [6.07, 6.45) is 0. The van der Waals surface area contributed by atoms with Crippen molar-refractivity contribution in [3.05, 3.63) is 35.9 Å². The van der Waals surface area contributed by atoms with Gasteiger partial charge in [-0.3, -0.25) is 0 Å². The fourth-order valence-corrected chi connectivity index (χ4v) is 0.745. The summed E-state index contributed by atoms with van der Waals surface area (Å²) in [6.45, 7) is 2.67. The van der Waals surface area contributed by atoms with Crippen molar-refractivity contribution in [2.45, 2.75) is 12.8 Å². The SMILES string of the molecule is CCN=S.Cl.ClCc1ccccc1. The highest BCUT2D eigenvalue weighted by atomic mass is 35.5. The molecule has 0 aliphatic carbocycles. The normalized spacial score (nSPS) is 7.54. The van der Waals surface area contributed by atoms with Crippen LogP contribution in [0.1, 0.15) is 12.5 Å². The van der Waals surface area contributed by atoms with Crippen molar-refractivity contribution in [2.24, 2.45) is 4.36 Å². The number of rotatable bonds is 2. The van der Waals surface area contributed by atoms with Crippen molar-refractivity contribution in [2.75, 3.05) is 6.54 Å². The van der Waals surface area contributed by atoms with Gasteiger partial charge >= 0.3 is 0 Å². The molecule has 0 bridgehead atoms. The predicted octanol–water partition coefficient (Wildman–Crippen LogP) is 3.58. The van der Waals surface area contributed by atoms with Crippen LogP contribution in [0, 0.1) is 0 Å². The van der Waals surface area contributed by atoms with Gasteiger partial charge in [-0.2, -0.15) is 0 Å². The maximum Gasteiger partial charge on any atom is 0.0492 e. The summed E-state index contributed by atoms with van der Waals surface area (Å²) < 4.78 is 3.32. The minimum atomic E-state index is 0. The lowest BCUT2D eigenvalue weighted by Crippen LogP contribution is -1.71. The molecule has 0 aliphatic heterocycles. The number of benzene rings is 1. The third kappa shape index (κ3) is 9.74. The number of hydrogen-bond donors (Lipinski definition) is 0. The number of alkyl halides is 1. The zero-order chi connectivity index (χ0) is 9.23. The first-order valence-electron chi connectivity index (χ1n) is 3.74. The minimum Gasteiger partial charge on any atom is -0.220 e. The largest absolute Gasteiger partial charge is 0.220 e. The third-order valence-electron chi connectivity index (χ3n) is 1.13. The minimum absolute atomic E-state index is 0. The van der Waals surface area contributed by atoms with Crippen LogP contribution in [0.25, 0.3) is 0 Å².